The average molecular weight is 169 g/mol. The fourth-order valence-corrected chi connectivity index (χ4v) is 0.467. The molecule has 0 amide bonds. The second-order valence-corrected chi connectivity index (χ2v) is 1.75. The molecule has 1 aliphatic rings. The first-order chi connectivity index (χ1) is 4.95. The third kappa shape index (κ3) is 1.21. The van der Waals surface area contributed by atoms with Gasteiger partial charge in [0.05, 0.1) is 0 Å². The molecule has 0 aromatic rings. The smallest absolute Gasteiger partial charge is 0.433 e. The Balaban J connectivity index is 3.07. The number of hydrogen-bond acceptors (Lipinski definition) is 1. The lowest BCUT2D eigenvalue weighted by molar-refractivity contribution is -0.284. The summed E-state index contributed by atoms with van der Waals surface area (Å²) in [6.07, 6.45) is -0.120. The molecule has 61 valence electrons. The summed E-state index contributed by atoms with van der Waals surface area (Å²) in [6, 6.07) is -4.14. The Kier molecular flexibility index (Phi) is 1.63. The first-order valence-corrected chi connectivity index (χ1v) is 2.44. The Bertz CT molecular complexity index is 243. The summed E-state index contributed by atoms with van der Waals surface area (Å²) in [5.74, 6) is -6.34. The molecule has 2 nitrogen and oxygen atoms in total. The summed E-state index contributed by atoms with van der Waals surface area (Å²) in [6.45, 7) is 0. The Labute approximate surface area is 58.4 Å². The van der Waals surface area contributed by atoms with E-state index in [9.17, 15) is 22.7 Å². The highest BCUT2D eigenvalue weighted by atomic mass is 19.2. The van der Waals surface area contributed by atoms with Crippen LogP contribution < -0.4 is 0 Å². The highest BCUT2D eigenvalue weighted by molar-refractivity contribution is 5.25. The lowest BCUT2D eigenvalue weighted by Crippen LogP contribution is -2.26. The van der Waals surface area contributed by atoms with Crippen LogP contribution in [0.15, 0.2) is 23.7 Å². The Morgan fingerprint density at radius 1 is 1.36 bits per heavy atom. The maximum absolute atomic E-state index is 12.0. The quantitative estimate of drug-likeness (QED) is 0.510. The van der Waals surface area contributed by atoms with Crippen LogP contribution in [0.5, 0.6) is 0 Å². The molecular weight excluding hydrogens is 168 g/mol. The summed E-state index contributed by atoms with van der Waals surface area (Å²) in [5, 5.41) is 10.0. The molecule has 11 heavy (non-hydrogen) atoms. The van der Waals surface area contributed by atoms with Crippen molar-refractivity contribution in [3.05, 3.63) is 23.7 Å². The second-order valence-electron chi connectivity index (χ2n) is 1.75. The summed E-state index contributed by atoms with van der Waals surface area (Å²) in [5.41, 5.74) is 0. The standard InChI is InChI=1S/C5HF4O2/c6-2-1-11-5(9,10)4(8)3(2)7/h1H. The van der Waals surface area contributed by atoms with Gasteiger partial charge in [-0.3, -0.25) is 0 Å². The van der Waals surface area contributed by atoms with Crippen LogP contribution in [0.25, 0.3) is 0 Å². The third-order valence-electron chi connectivity index (χ3n) is 0.979. The molecule has 0 fully saturated rings. The SMILES string of the molecule is [O]C1(F)OC=C(F)C(F)=C1F. The molecule has 0 saturated carbocycles. The summed E-state index contributed by atoms with van der Waals surface area (Å²) in [4.78, 5) is 0. The van der Waals surface area contributed by atoms with Crippen molar-refractivity contribution in [3.8, 4) is 0 Å². The number of hydrogen-bond donors (Lipinski definition) is 0. The first-order valence-electron chi connectivity index (χ1n) is 2.44. The monoisotopic (exact) mass is 169 g/mol. The van der Waals surface area contributed by atoms with Crippen LogP contribution in [0.2, 0.25) is 0 Å². The molecule has 1 rings (SSSR count). The molecule has 1 radical (unpaired) electrons. The van der Waals surface area contributed by atoms with Crippen molar-refractivity contribution < 1.29 is 27.4 Å². The number of rotatable bonds is 0. The molecule has 1 aliphatic heterocycles. The Morgan fingerprint density at radius 3 is 2.36 bits per heavy atom. The molecule has 0 aromatic heterocycles. The van der Waals surface area contributed by atoms with Gasteiger partial charge in [-0.05, 0) is 0 Å². The number of halogens is 4. The maximum Gasteiger partial charge on any atom is 0.448 e. The zero-order chi connectivity index (χ0) is 8.65. The van der Waals surface area contributed by atoms with E-state index < -0.39 is 23.5 Å². The normalized spacial score (nSPS) is 31.5. The van der Waals surface area contributed by atoms with Gasteiger partial charge in [0.15, 0.2) is 5.83 Å². The predicted molar refractivity (Wildman–Crippen MR) is 24.0 cm³/mol. The molecule has 1 heterocycles. The van der Waals surface area contributed by atoms with Gasteiger partial charge in [0.25, 0.3) is 0 Å². The Hall–Kier alpha value is -1.04. The molecule has 1 atom stereocenters. The summed E-state index contributed by atoms with van der Waals surface area (Å²) < 4.78 is 51.3. The molecule has 6 heteroatoms. The fraction of sp³-hybridized carbons (Fsp3) is 0.200. The van der Waals surface area contributed by atoms with Gasteiger partial charge in [0.1, 0.15) is 6.26 Å². The van der Waals surface area contributed by atoms with Crippen molar-refractivity contribution >= 4 is 0 Å². The lowest BCUT2D eigenvalue weighted by atomic mass is 10.3. The number of ether oxygens (including phenoxy) is 1. The minimum Gasteiger partial charge on any atom is -0.433 e. The largest absolute Gasteiger partial charge is 0.448 e. The minimum absolute atomic E-state index is 0.120. The van der Waals surface area contributed by atoms with Gasteiger partial charge in [-0.25, -0.2) is 8.78 Å². The van der Waals surface area contributed by atoms with Gasteiger partial charge >= 0.3 is 6.04 Å². The van der Waals surface area contributed by atoms with E-state index in [0.29, 0.717) is 0 Å². The van der Waals surface area contributed by atoms with Crippen molar-refractivity contribution in [2.75, 3.05) is 0 Å². The van der Waals surface area contributed by atoms with Crippen LogP contribution in [0.1, 0.15) is 0 Å². The molecule has 0 aliphatic carbocycles. The molecule has 1 unspecified atom stereocenters. The molecular formula is C5HF4O2. The summed E-state index contributed by atoms with van der Waals surface area (Å²) >= 11 is 0. The van der Waals surface area contributed by atoms with Crippen LogP contribution in [-0.2, 0) is 9.84 Å². The van der Waals surface area contributed by atoms with Gasteiger partial charge in [-0.1, -0.05) is 0 Å². The van der Waals surface area contributed by atoms with Gasteiger partial charge in [0.2, 0.25) is 11.7 Å². The van der Waals surface area contributed by atoms with E-state index in [4.69, 9.17) is 0 Å². The van der Waals surface area contributed by atoms with Gasteiger partial charge in [0, 0.05) is 0 Å². The van der Waals surface area contributed by atoms with Crippen LogP contribution in [0.4, 0.5) is 17.6 Å². The van der Waals surface area contributed by atoms with Crippen molar-refractivity contribution in [2.24, 2.45) is 0 Å². The summed E-state index contributed by atoms with van der Waals surface area (Å²) in [7, 11) is 0. The second kappa shape index (κ2) is 2.23. The molecule has 0 saturated heterocycles. The van der Waals surface area contributed by atoms with Gasteiger partial charge < -0.3 is 4.74 Å². The van der Waals surface area contributed by atoms with E-state index in [-0.39, 0.29) is 6.26 Å². The molecule has 0 N–H and O–H groups in total. The minimum atomic E-state index is -4.14. The van der Waals surface area contributed by atoms with Crippen LogP contribution in [0, 0.1) is 0 Å². The Morgan fingerprint density at radius 2 is 1.91 bits per heavy atom. The van der Waals surface area contributed by atoms with Crippen molar-refractivity contribution in [1.29, 1.82) is 0 Å². The van der Waals surface area contributed by atoms with Gasteiger partial charge in [-0.15, -0.1) is 5.11 Å². The highest BCUT2D eigenvalue weighted by Gasteiger charge is 2.44. The van der Waals surface area contributed by atoms with Gasteiger partial charge in [-0.2, -0.15) is 8.78 Å². The lowest BCUT2D eigenvalue weighted by Gasteiger charge is -2.16. The zero-order valence-corrected chi connectivity index (χ0v) is 4.91. The van der Waals surface area contributed by atoms with Crippen molar-refractivity contribution in [2.45, 2.75) is 6.04 Å². The molecule has 0 bridgehead atoms. The van der Waals surface area contributed by atoms with E-state index in [1.165, 1.54) is 0 Å². The maximum atomic E-state index is 12.0. The van der Waals surface area contributed by atoms with E-state index in [1.54, 1.807) is 0 Å². The first kappa shape index (κ1) is 8.06. The van der Waals surface area contributed by atoms with Crippen LogP contribution in [0.3, 0.4) is 0 Å². The predicted octanol–water partition coefficient (Wildman–Crippen LogP) is 2.03. The zero-order valence-electron chi connectivity index (χ0n) is 4.91. The van der Waals surface area contributed by atoms with Crippen molar-refractivity contribution in [3.63, 3.8) is 0 Å². The average Bonchev–Trinajstić information content (AvgIpc) is 1.95. The van der Waals surface area contributed by atoms with E-state index in [1.807, 2.05) is 0 Å². The number of allylic oxidation sites excluding steroid dienone is 2. The van der Waals surface area contributed by atoms with E-state index >= 15 is 0 Å². The number of alkyl halides is 1. The fourth-order valence-electron chi connectivity index (χ4n) is 0.467. The van der Waals surface area contributed by atoms with Crippen LogP contribution in [-0.4, -0.2) is 6.04 Å². The molecule has 0 aromatic carbocycles. The topological polar surface area (TPSA) is 29.1 Å². The van der Waals surface area contributed by atoms with E-state index in [0.717, 1.165) is 0 Å². The van der Waals surface area contributed by atoms with Crippen molar-refractivity contribution in [1.82, 2.24) is 0 Å². The van der Waals surface area contributed by atoms with E-state index in [2.05, 4.69) is 4.74 Å². The highest BCUT2D eigenvalue weighted by Crippen LogP contribution is 2.34. The third-order valence-corrected chi connectivity index (χ3v) is 0.979. The van der Waals surface area contributed by atoms with Crippen LogP contribution >= 0.6 is 0 Å². The molecule has 0 spiro atoms.